The van der Waals surface area contributed by atoms with E-state index in [9.17, 15) is 14.7 Å². The summed E-state index contributed by atoms with van der Waals surface area (Å²) in [5.74, 6) is -0.849. The van der Waals surface area contributed by atoms with E-state index < -0.39 is 11.4 Å². The first-order valence-electron chi connectivity index (χ1n) is 6.08. The first-order chi connectivity index (χ1) is 7.91. The van der Waals surface area contributed by atoms with Crippen molar-refractivity contribution in [2.24, 2.45) is 5.41 Å². The highest BCUT2D eigenvalue weighted by Crippen LogP contribution is 2.33. The molecule has 1 aliphatic heterocycles. The first-order valence-corrected chi connectivity index (χ1v) is 6.08. The van der Waals surface area contributed by atoms with E-state index in [-0.39, 0.29) is 5.91 Å². The van der Waals surface area contributed by atoms with Crippen LogP contribution in [0.1, 0.15) is 40.0 Å². The molecule has 1 aliphatic rings. The zero-order valence-electron chi connectivity index (χ0n) is 10.8. The fraction of sp³-hybridized carbons (Fsp3) is 0.692. The Hall–Kier alpha value is -1.32. The highest BCUT2D eigenvalue weighted by Gasteiger charge is 2.41. The van der Waals surface area contributed by atoms with Gasteiger partial charge in [0, 0.05) is 19.2 Å². The summed E-state index contributed by atoms with van der Waals surface area (Å²) in [4.78, 5) is 24.9. The van der Waals surface area contributed by atoms with Gasteiger partial charge in [-0.15, -0.1) is 0 Å². The number of nitrogens with zero attached hydrogens (tertiary/aromatic N) is 1. The average molecular weight is 239 g/mol. The number of carbonyl (C=O) groups excluding carboxylic acids is 1. The van der Waals surface area contributed by atoms with Crippen LogP contribution >= 0.6 is 0 Å². The Labute approximate surface area is 102 Å². The van der Waals surface area contributed by atoms with Crippen LogP contribution in [-0.2, 0) is 9.59 Å². The number of carbonyl (C=O) groups is 2. The zero-order valence-corrected chi connectivity index (χ0v) is 10.8. The maximum absolute atomic E-state index is 11.9. The van der Waals surface area contributed by atoms with Crippen LogP contribution in [0.3, 0.4) is 0 Å². The Balaban J connectivity index is 2.82. The molecule has 0 bridgehead atoms. The van der Waals surface area contributed by atoms with E-state index in [1.54, 1.807) is 11.0 Å². The molecule has 1 heterocycles. The van der Waals surface area contributed by atoms with Crippen molar-refractivity contribution in [1.29, 1.82) is 0 Å². The molecule has 4 nitrogen and oxygen atoms in total. The molecule has 1 rings (SSSR count). The van der Waals surface area contributed by atoms with Crippen LogP contribution in [0.15, 0.2) is 11.6 Å². The standard InChI is InChI=1S/C13H21NO3/c1-4-13(12(16)17)6-5-7-14(9-13)11(15)8-10(2)3/h8H,4-7,9H2,1-3H3,(H,16,17). The number of likely N-dealkylation sites (tertiary alicyclic amines) is 1. The molecule has 0 radical (unpaired) electrons. The number of rotatable bonds is 3. The van der Waals surface area contributed by atoms with E-state index in [1.807, 2.05) is 20.8 Å². The van der Waals surface area contributed by atoms with E-state index in [0.717, 1.165) is 12.0 Å². The van der Waals surface area contributed by atoms with Gasteiger partial charge >= 0.3 is 5.97 Å². The molecule has 96 valence electrons. The van der Waals surface area contributed by atoms with Crippen molar-refractivity contribution >= 4 is 11.9 Å². The van der Waals surface area contributed by atoms with Gasteiger partial charge in [0.05, 0.1) is 5.41 Å². The SMILES string of the molecule is CCC1(C(=O)O)CCCN(C(=O)C=C(C)C)C1. The summed E-state index contributed by atoms with van der Waals surface area (Å²) < 4.78 is 0. The lowest BCUT2D eigenvalue weighted by Crippen LogP contribution is -2.49. The summed E-state index contributed by atoms with van der Waals surface area (Å²) >= 11 is 0. The van der Waals surface area contributed by atoms with Crippen LogP contribution in [0.5, 0.6) is 0 Å². The minimum Gasteiger partial charge on any atom is -0.481 e. The van der Waals surface area contributed by atoms with Gasteiger partial charge in [0.25, 0.3) is 0 Å². The second-order valence-electron chi connectivity index (χ2n) is 5.02. The van der Waals surface area contributed by atoms with Crippen molar-refractivity contribution in [3.8, 4) is 0 Å². The lowest BCUT2D eigenvalue weighted by atomic mass is 9.77. The van der Waals surface area contributed by atoms with E-state index in [0.29, 0.717) is 25.9 Å². The second-order valence-corrected chi connectivity index (χ2v) is 5.02. The maximum Gasteiger partial charge on any atom is 0.311 e. The number of aliphatic carboxylic acids is 1. The van der Waals surface area contributed by atoms with E-state index in [1.165, 1.54) is 0 Å². The monoisotopic (exact) mass is 239 g/mol. The molecule has 0 aromatic heterocycles. The number of carboxylic acids is 1. The number of piperidine rings is 1. The molecule has 1 atom stereocenters. The van der Waals surface area contributed by atoms with Gasteiger partial charge in [0.2, 0.25) is 5.91 Å². The topological polar surface area (TPSA) is 57.6 Å². The molecule has 1 unspecified atom stereocenters. The Bertz CT molecular complexity index is 345. The van der Waals surface area contributed by atoms with Gasteiger partial charge in [-0.2, -0.15) is 0 Å². The third-order valence-corrected chi connectivity index (χ3v) is 3.43. The smallest absolute Gasteiger partial charge is 0.311 e. The van der Waals surface area contributed by atoms with Crippen LogP contribution in [0, 0.1) is 5.41 Å². The summed E-state index contributed by atoms with van der Waals surface area (Å²) in [6.07, 6.45) is 3.58. The third-order valence-electron chi connectivity index (χ3n) is 3.43. The number of hydrogen-bond acceptors (Lipinski definition) is 2. The fourth-order valence-electron chi connectivity index (χ4n) is 2.27. The predicted octanol–water partition coefficient (Wildman–Crippen LogP) is 2.06. The van der Waals surface area contributed by atoms with Crippen molar-refractivity contribution in [3.63, 3.8) is 0 Å². The molecule has 1 amide bonds. The summed E-state index contributed by atoms with van der Waals surface area (Å²) in [7, 11) is 0. The molecule has 0 spiro atoms. The van der Waals surface area contributed by atoms with Crippen molar-refractivity contribution in [3.05, 3.63) is 11.6 Å². The highest BCUT2D eigenvalue weighted by atomic mass is 16.4. The largest absolute Gasteiger partial charge is 0.481 e. The zero-order chi connectivity index (χ0) is 13.1. The molecule has 17 heavy (non-hydrogen) atoms. The molecule has 1 saturated heterocycles. The fourth-order valence-corrected chi connectivity index (χ4v) is 2.27. The van der Waals surface area contributed by atoms with Gasteiger partial charge in [-0.05, 0) is 33.1 Å². The number of amides is 1. The molecule has 1 N–H and O–H groups in total. The van der Waals surface area contributed by atoms with Crippen LogP contribution < -0.4 is 0 Å². The normalized spacial score (nSPS) is 24.3. The molecule has 0 saturated carbocycles. The summed E-state index contributed by atoms with van der Waals surface area (Å²) in [5, 5.41) is 9.32. The van der Waals surface area contributed by atoms with E-state index >= 15 is 0 Å². The van der Waals surface area contributed by atoms with Crippen molar-refractivity contribution in [2.45, 2.75) is 40.0 Å². The molecule has 0 aromatic carbocycles. The lowest BCUT2D eigenvalue weighted by molar-refractivity contribution is -0.154. The van der Waals surface area contributed by atoms with Gasteiger partial charge in [-0.3, -0.25) is 9.59 Å². The first kappa shape index (κ1) is 13.7. The molecule has 4 heteroatoms. The predicted molar refractivity (Wildman–Crippen MR) is 65.6 cm³/mol. The Morgan fingerprint density at radius 1 is 1.41 bits per heavy atom. The highest BCUT2D eigenvalue weighted by molar-refractivity contribution is 5.89. The quantitative estimate of drug-likeness (QED) is 0.767. The summed E-state index contributed by atoms with van der Waals surface area (Å²) in [6, 6.07) is 0. The van der Waals surface area contributed by atoms with Gasteiger partial charge in [-0.1, -0.05) is 12.5 Å². The Morgan fingerprint density at radius 2 is 2.06 bits per heavy atom. The van der Waals surface area contributed by atoms with Gasteiger partial charge in [0.15, 0.2) is 0 Å². The van der Waals surface area contributed by atoms with Gasteiger partial charge < -0.3 is 10.0 Å². The van der Waals surface area contributed by atoms with Crippen LogP contribution in [0.2, 0.25) is 0 Å². The summed E-state index contributed by atoms with van der Waals surface area (Å²) in [6.45, 7) is 6.61. The molecule has 0 aromatic rings. The number of carboxylic acid groups (broad SMARTS) is 1. The average Bonchev–Trinajstić information content (AvgIpc) is 2.28. The Morgan fingerprint density at radius 3 is 2.53 bits per heavy atom. The van der Waals surface area contributed by atoms with Crippen molar-refractivity contribution in [1.82, 2.24) is 4.90 Å². The van der Waals surface area contributed by atoms with Crippen molar-refractivity contribution < 1.29 is 14.7 Å². The molecule has 1 fully saturated rings. The maximum atomic E-state index is 11.9. The van der Waals surface area contributed by atoms with E-state index in [2.05, 4.69) is 0 Å². The molecular formula is C13H21NO3. The van der Waals surface area contributed by atoms with Crippen LogP contribution in [-0.4, -0.2) is 35.0 Å². The van der Waals surface area contributed by atoms with Gasteiger partial charge in [-0.25, -0.2) is 0 Å². The lowest BCUT2D eigenvalue weighted by Gasteiger charge is -2.39. The molecule has 0 aliphatic carbocycles. The molecular weight excluding hydrogens is 218 g/mol. The summed E-state index contributed by atoms with van der Waals surface area (Å²) in [5.41, 5.74) is 0.196. The van der Waals surface area contributed by atoms with Gasteiger partial charge in [0.1, 0.15) is 0 Å². The third kappa shape index (κ3) is 3.08. The number of hydrogen-bond donors (Lipinski definition) is 1. The van der Waals surface area contributed by atoms with Crippen LogP contribution in [0.25, 0.3) is 0 Å². The minimum absolute atomic E-state index is 0.0659. The van der Waals surface area contributed by atoms with E-state index in [4.69, 9.17) is 0 Å². The van der Waals surface area contributed by atoms with Crippen molar-refractivity contribution in [2.75, 3.05) is 13.1 Å². The van der Waals surface area contributed by atoms with Crippen LogP contribution in [0.4, 0.5) is 0 Å². The second kappa shape index (κ2) is 5.34. The Kier molecular flexibility index (Phi) is 4.32. The minimum atomic E-state index is -0.783. The number of allylic oxidation sites excluding steroid dienone is 1.